The quantitative estimate of drug-likeness (QED) is 0.217. The van der Waals surface area contributed by atoms with Crippen LogP contribution < -0.4 is 10.1 Å². The molecular weight excluding hydrogens is 685 g/mol. The molecule has 0 unspecified atom stereocenters. The van der Waals surface area contributed by atoms with Gasteiger partial charge >= 0.3 is 12.1 Å². The van der Waals surface area contributed by atoms with Gasteiger partial charge in [0.1, 0.15) is 11.3 Å². The number of fused-ring (bicyclic) bond motifs is 1. The average Bonchev–Trinajstić information content (AvgIpc) is 3.46. The highest BCUT2D eigenvalue weighted by Crippen LogP contribution is 2.58. The SMILES string of the molecule is CC[C@@H](C)n1cc(-c2ncc(C(=O)NC3(C(=O)O)C4CC5CC(C4)CC3C5)c(C(F)(F)F)n2)c2ccc(O[C@H]3CC[C@H](N4CC(F)(F)C4)CC3)cc21. The summed E-state index contributed by atoms with van der Waals surface area (Å²) in [5.41, 5.74) is -2.76. The van der Waals surface area contributed by atoms with Gasteiger partial charge in [-0.05, 0) is 107 Å². The lowest BCUT2D eigenvalue weighted by molar-refractivity contribution is -0.163. The van der Waals surface area contributed by atoms with Crippen molar-refractivity contribution in [2.75, 3.05) is 13.1 Å². The van der Waals surface area contributed by atoms with Gasteiger partial charge in [0.15, 0.2) is 11.5 Å². The summed E-state index contributed by atoms with van der Waals surface area (Å²) in [6.45, 7) is 3.62. The van der Waals surface area contributed by atoms with Crippen molar-refractivity contribution in [3.8, 4) is 17.1 Å². The molecule has 1 atom stereocenters. The molecule has 5 saturated carbocycles. The number of alkyl halides is 5. The molecule has 0 radical (unpaired) electrons. The molecule has 1 saturated heterocycles. The predicted molar refractivity (Wildman–Crippen MR) is 181 cm³/mol. The molecule has 3 aromatic rings. The average molecular weight is 730 g/mol. The minimum absolute atomic E-state index is 0.0306. The Morgan fingerprint density at radius 3 is 2.27 bits per heavy atom. The Bertz CT molecular complexity index is 1850. The van der Waals surface area contributed by atoms with E-state index < -0.39 is 40.8 Å². The zero-order valence-corrected chi connectivity index (χ0v) is 29.3. The summed E-state index contributed by atoms with van der Waals surface area (Å²) < 4.78 is 79.1. The first-order valence-corrected chi connectivity index (χ1v) is 18.6. The van der Waals surface area contributed by atoms with Crippen molar-refractivity contribution in [1.29, 1.82) is 0 Å². The first kappa shape index (κ1) is 35.2. The number of benzene rings is 1. The molecule has 5 aliphatic carbocycles. The van der Waals surface area contributed by atoms with Crippen LogP contribution in [0.4, 0.5) is 22.0 Å². The molecule has 9 rings (SSSR count). The number of aromatic nitrogens is 3. The number of carbonyl (C=O) groups excluding carboxylic acids is 1. The van der Waals surface area contributed by atoms with Crippen molar-refractivity contribution in [1.82, 2.24) is 24.8 Å². The van der Waals surface area contributed by atoms with Gasteiger partial charge < -0.3 is 19.7 Å². The van der Waals surface area contributed by atoms with Crippen molar-refractivity contribution in [3.05, 3.63) is 41.9 Å². The normalized spacial score (nSPS) is 31.7. The number of carboxylic acid groups (broad SMARTS) is 1. The van der Waals surface area contributed by atoms with Gasteiger partial charge in [0.05, 0.1) is 30.3 Å². The number of hydrogen-bond donors (Lipinski definition) is 2. The van der Waals surface area contributed by atoms with Crippen LogP contribution in [-0.2, 0) is 11.0 Å². The number of carbonyl (C=O) groups is 2. The van der Waals surface area contributed by atoms with Crippen LogP contribution in [0.15, 0.2) is 30.6 Å². The first-order chi connectivity index (χ1) is 24.6. The molecule has 1 aliphatic heterocycles. The molecule has 2 N–H and O–H groups in total. The van der Waals surface area contributed by atoms with E-state index >= 15 is 0 Å². The largest absolute Gasteiger partial charge is 0.490 e. The molecule has 6 aliphatic rings. The van der Waals surface area contributed by atoms with Crippen LogP contribution in [-0.4, -0.2) is 73.1 Å². The fourth-order valence-electron chi connectivity index (χ4n) is 10.3. The van der Waals surface area contributed by atoms with E-state index in [9.17, 15) is 36.6 Å². The monoisotopic (exact) mass is 729 g/mol. The van der Waals surface area contributed by atoms with Gasteiger partial charge in [-0.15, -0.1) is 0 Å². The van der Waals surface area contributed by atoms with Gasteiger partial charge in [0.2, 0.25) is 0 Å². The number of halogens is 5. The summed E-state index contributed by atoms with van der Waals surface area (Å²) in [5, 5.41) is 13.7. The summed E-state index contributed by atoms with van der Waals surface area (Å²) in [6, 6.07) is 5.49. The third kappa shape index (κ3) is 6.02. The standard InChI is InChI=1S/C38H44F5N5O4/c1-3-20(2)48-17-30(28-9-8-27(15-31(28)48)52-26-6-4-25(5-7-26)47-18-36(39,40)19-47)33-44-16-29(32(45-33)38(41,42)43)34(49)46-37(35(50)51)23-11-21-10-22(13-23)14-24(37)12-21/h8-9,15-17,20-26H,3-7,10-14,18-19H2,1-2H3,(H,46,49)(H,50,51)/t20-,21?,22?,23?,24?,25-,26-,37?/m1/s1. The highest BCUT2D eigenvalue weighted by Gasteiger charge is 2.62. The van der Waals surface area contributed by atoms with Crippen molar-refractivity contribution in [2.45, 2.75) is 114 Å². The van der Waals surface area contributed by atoms with Gasteiger partial charge in [0, 0.05) is 41.5 Å². The molecule has 1 aromatic carbocycles. The lowest BCUT2D eigenvalue weighted by Crippen LogP contribution is -2.70. The molecule has 280 valence electrons. The zero-order valence-electron chi connectivity index (χ0n) is 29.3. The van der Waals surface area contributed by atoms with Crippen LogP contribution in [0.2, 0.25) is 0 Å². The second kappa shape index (κ2) is 12.7. The maximum absolute atomic E-state index is 14.7. The van der Waals surface area contributed by atoms with Crippen molar-refractivity contribution < 1.29 is 41.4 Å². The highest BCUT2D eigenvalue weighted by atomic mass is 19.4. The molecule has 0 spiro atoms. The van der Waals surface area contributed by atoms with Gasteiger partial charge in [-0.1, -0.05) is 6.92 Å². The topological polar surface area (TPSA) is 110 Å². The van der Waals surface area contributed by atoms with Crippen LogP contribution >= 0.6 is 0 Å². The summed E-state index contributed by atoms with van der Waals surface area (Å²) in [6.07, 6.45) is 4.80. The van der Waals surface area contributed by atoms with Gasteiger partial charge in [0.25, 0.3) is 11.8 Å². The third-order valence-electron chi connectivity index (χ3n) is 12.8. The van der Waals surface area contributed by atoms with E-state index in [2.05, 4.69) is 15.3 Å². The molecule has 14 heteroatoms. The van der Waals surface area contributed by atoms with Crippen molar-refractivity contribution in [3.63, 3.8) is 0 Å². The number of likely N-dealkylation sites (tertiary alicyclic amines) is 1. The van der Waals surface area contributed by atoms with Crippen LogP contribution in [0.5, 0.6) is 5.75 Å². The van der Waals surface area contributed by atoms with E-state index in [4.69, 9.17) is 4.74 Å². The summed E-state index contributed by atoms with van der Waals surface area (Å²) in [4.78, 5) is 36.6. The highest BCUT2D eigenvalue weighted by molar-refractivity contribution is 6.00. The fraction of sp³-hybridized carbons (Fsp3) is 0.632. The second-order valence-electron chi connectivity index (χ2n) is 16.1. The van der Waals surface area contributed by atoms with E-state index in [1.54, 1.807) is 18.3 Å². The van der Waals surface area contributed by atoms with E-state index in [1.165, 1.54) is 0 Å². The number of rotatable bonds is 9. The second-order valence-corrected chi connectivity index (χ2v) is 16.1. The Balaban J connectivity index is 1.07. The zero-order chi connectivity index (χ0) is 36.7. The summed E-state index contributed by atoms with van der Waals surface area (Å²) in [5.74, 6) is -4.44. The van der Waals surface area contributed by atoms with E-state index in [1.807, 2.05) is 29.4 Å². The summed E-state index contributed by atoms with van der Waals surface area (Å²) in [7, 11) is 0. The Labute approximate surface area is 298 Å². The van der Waals surface area contributed by atoms with Crippen molar-refractivity contribution >= 4 is 22.8 Å². The van der Waals surface area contributed by atoms with E-state index in [0.717, 1.165) is 50.2 Å². The number of nitrogens with one attached hydrogen (secondary N) is 1. The number of ether oxygens (including phenoxy) is 1. The van der Waals surface area contributed by atoms with Crippen LogP contribution in [0.1, 0.15) is 100 Å². The first-order valence-electron chi connectivity index (χ1n) is 18.6. The summed E-state index contributed by atoms with van der Waals surface area (Å²) >= 11 is 0. The van der Waals surface area contributed by atoms with Gasteiger partial charge in [-0.25, -0.2) is 23.5 Å². The van der Waals surface area contributed by atoms with Gasteiger partial charge in [-0.3, -0.25) is 9.69 Å². The lowest BCUT2D eigenvalue weighted by Gasteiger charge is -2.59. The van der Waals surface area contributed by atoms with Crippen LogP contribution in [0, 0.1) is 23.7 Å². The molecular formula is C38H44F5N5O4. The van der Waals surface area contributed by atoms with Crippen LogP contribution in [0.25, 0.3) is 22.3 Å². The number of aliphatic carboxylic acids is 1. The molecule has 1 amide bonds. The Morgan fingerprint density at radius 2 is 1.69 bits per heavy atom. The Hall–Kier alpha value is -3.81. The smallest absolute Gasteiger partial charge is 0.434 e. The molecule has 6 fully saturated rings. The minimum Gasteiger partial charge on any atom is -0.490 e. The number of nitrogens with zero attached hydrogens (tertiary/aromatic N) is 4. The molecule has 4 bridgehead atoms. The Morgan fingerprint density at radius 1 is 1.04 bits per heavy atom. The molecule has 3 heterocycles. The third-order valence-corrected chi connectivity index (χ3v) is 12.8. The van der Waals surface area contributed by atoms with Gasteiger partial charge in [-0.2, -0.15) is 13.2 Å². The molecule has 9 nitrogen and oxygen atoms in total. The lowest BCUT2D eigenvalue weighted by atomic mass is 9.48. The maximum Gasteiger partial charge on any atom is 0.434 e. The van der Waals surface area contributed by atoms with Crippen molar-refractivity contribution in [2.24, 2.45) is 23.7 Å². The van der Waals surface area contributed by atoms with E-state index in [-0.39, 0.29) is 48.9 Å². The number of carboxylic acids is 1. The minimum atomic E-state index is -5.02. The number of amides is 1. The Kier molecular flexibility index (Phi) is 8.58. The van der Waals surface area contributed by atoms with E-state index in [0.29, 0.717) is 54.2 Å². The fourth-order valence-corrected chi connectivity index (χ4v) is 10.3. The maximum atomic E-state index is 14.7. The molecule has 2 aromatic heterocycles. The molecule has 52 heavy (non-hydrogen) atoms. The number of hydrogen-bond acceptors (Lipinski definition) is 6. The predicted octanol–water partition coefficient (Wildman–Crippen LogP) is 7.74. The van der Waals surface area contributed by atoms with Crippen LogP contribution in [0.3, 0.4) is 0 Å².